The Morgan fingerprint density at radius 2 is 1.00 bits per heavy atom. The number of carboxylic acids is 1. The lowest BCUT2D eigenvalue weighted by Crippen LogP contribution is -2.55. The van der Waals surface area contributed by atoms with Gasteiger partial charge in [0, 0.05) is 19.3 Å². The van der Waals surface area contributed by atoms with Crippen LogP contribution in [0.3, 0.4) is 0 Å². The van der Waals surface area contributed by atoms with Crippen LogP contribution in [0.15, 0.2) is 48.6 Å². The molecule has 2 unspecified atom stereocenters. The molecule has 8 heteroatoms. The third-order valence-electron chi connectivity index (χ3n) is 9.95. The molecule has 0 bridgehead atoms. The molecule has 0 saturated heterocycles. The van der Waals surface area contributed by atoms with Crippen LogP contribution < -0.4 is 5.11 Å². The van der Waals surface area contributed by atoms with Gasteiger partial charge in [0.2, 0.25) is 0 Å². The van der Waals surface area contributed by atoms with E-state index >= 15 is 0 Å². The van der Waals surface area contributed by atoms with Gasteiger partial charge in [-0.1, -0.05) is 152 Å². The highest BCUT2D eigenvalue weighted by molar-refractivity contribution is 5.70. The molecule has 56 heavy (non-hydrogen) atoms. The molecule has 0 aliphatic heterocycles. The third-order valence-corrected chi connectivity index (χ3v) is 9.95. The van der Waals surface area contributed by atoms with E-state index in [9.17, 15) is 19.5 Å². The van der Waals surface area contributed by atoms with Gasteiger partial charge in [-0.3, -0.25) is 9.59 Å². The van der Waals surface area contributed by atoms with E-state index in [1.165, 1.54) is 77.0 Å². The van der Waals surface area contributed by atoms with Gasteiger partial charge in [0.1, 0.15) is 12.6 Å². The zero-order chi connectivity index (χ0) is 41.4. The molecule has 0 aliphatic carbocycles. The monoisotopic (exact) mass is 788 g/mol. The van der Waals surface area contributed by atoms with Gasteiger partial charge in [-0.05, 0) is 64.2 Å². The minimum Gasteiger partial charge on any atom is -0.544 e. The molecule has 0 aromatic carbocycles. The topological polar surface area (TPSA) is 102 Å². The van der Waals surface area contributed by atoms with Crippen LogP contribution in [-0.4, -0.2) is 75.5 Å². The lowest BCUT2D eigenvalue weighted by Gasteiger charge is -2.34. The number of unbranched alkanes of at least 4 members (excludes halogenated alkanes) is 18. The van der Waals surface area contributed by atoms with Crippen molar-refractivity contribution in [3.63, 3.8) is 0 Å². The van der Waals surface area contributed by atoms with Crippen molar-refractivity contribution in [2.75, 3.05) is 41.0 Å². The van der Waals surface area contributed by atoms with Crippen molar-refractivity contribution in [2.45, 2.75) is 199 Å². The normalized spacial score (nSPS) is 13.4. The Morgan fingerprint density at radius 3 is 1.50 bits per heavy atom. The summed E-state index contributed by atoms with van der Waals surface area (Å²) in [5.41, 5.74) is 0. The largest absolute Gasteiger partial charge is 0.544 e. The molecule has 0 N–H and O–H groups in total. The quantitative estimate of drug-likeness (QED) is 0.0264. The van der Waals surface area contributed by atoms with Crippen molar-refractivity contribution in [2.24, 2.45) is 0 Å². The average molecular weight is 788 g/mol. The number of esters is 2. The number of hydrogen-bond acceptors (Lipinski definition) is 7. The zero-order valence-corrected chi connectivity index (χ0v) is 36.8. The van der Waals surface area contributed by atoms with Crippen LogP contribution in [0.5, 0.6) is 0 Å². The Labute approximate surface area is 344 Å². The fourth-order valence-electron chi connectivity index (χ4n) is 6.42. The van der Waals surface area contributed by atoms with Gasteiger partial charge in [-0.2, -0.15) is 0 Å². The molecule has 0 aromatic rings. The lowest BCUT2D eigenvalue weighted by atomic mass is 10.0. The molecule has 0 saturated carbocycles. The van der Waals surface area contributed by atoms with E-state index in [-0.39, 0.29) is 42.7 Å². The fraction of sp³-hybridized carbons (Fsp3) is 0.771. The van der Waals surface area contributed by atoms with Crippen molar-refractivity contribution < 1.29 is 38.2 Å². The molecule has 0 amide bonds. The summed E-state index contributed by atoms with van der Waals surface area (Å²) in [6, 6.07) is -0.727. The SMILES string of the molecule is CC/C=C/C/C=C/C/C=C/CCCCCCCCCCCCCC(=O)OCC(COCCC(C(=O)[O-])[N+](C)(C)C)OC(=O)CCCCCCC/C=C/CCCC. The zero-order valence-electron chi connectivity index (χ0n) is 36.8. The van der Waals surface area contributed by atoms with Crippen molar-refractivity contribution in [3.05, 3.63) is 48.6 Å². The van der Waals surface area contributed by atoms with Gasteiger partial charge >= 0.3 is 11.9 Å². The molecule has 0 rings (SSSR count). The molecule has 324 valence electrons. The van der Waals surface area contributed by atoms with Gasteiger partial charge in [-0.15, -0.1) is 0 Å². The second-order valence-corrected chi connectivity index (χ2v) is 16.3. The first kappa shape index (κ1) is 53.3. The lowest BCUT2D eigenvalue weighted by molar-refractivity contribution is -0.889. The molecule has 2 atom stereocenters. The van der Waals surface area contributed by atoms with Gasteiger partial charge in [-0.25, -0.2) is 0 Å². The molecule has 0 aromatic heterocycles. The van der Waals surface area contributed by atoms with Crippen LogP contribution >= 0.6 is 0 Å². The summed E-state index contributed by atoms with van der Waals surface area (Å²) in [7, 11) is 5.40. The molecule has 0 spiro atoms. The summed E-state index contributed by atoms with van der Waals surface area (Å²) in [5, 5.41) is 11.6. The number of carbonyl (C=O) groups is 3. The standard InChI is InChI=1S/C48H85NO7/c1-6-8-10-12-14-16-18-19-20-21-22-23-24-25-26-27-29-30-32-34-36-38-46(50)55-43-44(42-54-41-40-45(48(52)53)49(3,4)5)56-47(51)39-37-35-33-31-28-17-15-13-11-9-7-2/h8,10,13-16,19-20,44-45H,6-7,9,11-12,17-18,21-43H2,1-5H3/b10-8+,15-13+,16-14+,20-19+. The summed E-state index contributed by atoms with van der Waals surface area (Å²) >= 11 is 0. The van der Waals surface area contributed by atoms with E-state index in [1.54, 1.807) is 21.1 Å². The van der Waals surface area contributed by atoms with Crippen LogP contribution in [0.4, 0.5) is 0 Å². The average Bonchev–Trinajstić information content (AvgIpc) is 3.15. The Balaban J connectivity index is 4.23. The number of carbonyl (C=O) groups excluding carboxylic acids is 3. The second kappa shape index (κ2) is 39.1. The van der Waals surface area contributed by atoms with Crippen molar-refractivity contribution in [3.8, 4) is 0 Å². The number of rotatable bonds is 40. The smallest absolute Gasteiger partial charge is 0.306 e. The Morgan fingerprint density at radius 1 is 0.554 bits per heavy atom. The number of nitrogens with zero attached hydrogens (tertiary/aromatic N) is 1. The van der Waals surface area contributed by atoms with Crippen molar-refractivity contribution in [1.82, 2.24) is 0 Å². The third kappa shape index (κ3) is 36.9. The first-order chi connectivity index (χ1) is 27.1. The van der Waals surface area contributed by atoms with E-state index in [4.69, 9.17) is 14.2 Å². The van der Waals surface area contributed by atoms with Crippen molar-refractivity contribution >= 4 is 17.9 Å². The summed E-state index contributed by atoms with van der Waals surface area (Å²) in [6.45, 7) is 4.50. The van der Waals surface area contributed by atoms with Crippen molar-refractivity contribution in [1.29, 1.82) is 0 Å². The predicted octanol–water partition coefficient (Wildman–Crippen LogP) is 11.1. The number of likely N-dealkylation sites (N-methyl/N-ethyl adjacent to an activating group) is 1. The number of aliphatic carboxylic acids is 1. The Hall–Kier alpha value is -2.71. The Bertz CT molecular complexity index is 1060. The van der Waals surface area contributed by atoms with E-state index in [0.717, 1.165) is 77.0 Å². The van der Waals surface area contributed by atoms with Crippen LogP contribution in [0, 0.1) is 0 Å². The minimum atomic E-state index is -1.13. The second-order valence-electron chi connectivity index (χ2n) is 16.3. The number of hydrogen-bond donors (Lipinski definition) is 0. The summed E-state index contributed by atoms with van der Waals surface area (Å²) in [4.78, 5) is 36.8. The van der Waals surface area contributed by atoms with Gasteiger partial charge in [0.05, 0.1) is 40.3 Å². The van der Waals surface area contributed by atoms with E-state index in [2.05, 4.69) is 62.5 Å². The van der Waals surface area contributed by atoms with Crippen LogP contribution in [-0.2, 0) is 28.6 Å². The van der Waals surface area contributed by atoms with Crippen LogP contribution in [0.25, 0.3) is 0 Å². The highest BCUT2D eigenvalue weighted by atomic mass is 16.6. The van der Waals surface area contributed by atoms with Gasteiger partial charge in [0.15, 0.2) is 6.10 Å². The highest BCUT2D eigenvalue weighted by Crippen LogP contribution is 2.14. The number of allylic oxidation sites excluding steroid dienone is 8. The summed E-state index contributed by atoms with van der Waals surface area (Å²) < 4.78 is 17.1. The maximum absolute atomic E-state index is 12.7. The Kier molecular flexibility index (Phi) is 37.2. The number of carboxylic acid groups (broad SMARTS) is 1. The van der Waals surface area contributed by atoms with E-state index in [0.29, 0.717) is 12.8 Å². The van der Waals surface area contributed by atoms with Gasteiger partial charge in [0.25, 0.3) is 0 Å². The highest BCUT2D eigenvalue weighted by Gasteiger charge is 2.25. The molecule has 0 fully saturated rings. The first-order valence-corrected chi connectivity index (χ1v) is 22.7. The van der Waals surface area contributed by atoms with Crippen LogP contribution in [0.1, 0.15) is 187 Å². The van der Waals surface area contributed by atoms with E-state index < -0.39 is 18.1 Å². The number of ether oxygens (including phenoxy) is 3. The van der Waals surface area contributed by atoms with E-state index in [1.807, 2.05) is 0 Å². The number of quaternary nitrogens is 1. The predicted molar refractivity (Wildman–Crippen MR) is 231 cm³/mol. The summed E-state index contributed by atoms with van der Waals surface area (Å²) in [5.74, 6) is -1.75. The molecule has 0 heterocycles. The molecule has 0 aliphatic rings. The first-order valence-electron chi connectivity index (χ1n) is 22.7. The summed E-state index contributed by atoms with van der Waals surface area (Å²) in [6.07, 6.45) is 45.7. The molecular weight excluding hydrogens is 703 g/mol. The maximum Gasteiger partial charge on any atom is 0.306 e. The van der Waals surface area contributed by atoms with Crippen LogP contribution in [0.2, 0.25) is 0 Å². The molecule has 8 nitrogen and oxygen atoms in total. The van der Waals surface area contributed by atoms with Gasteiger partial charge < -0.3 is 28.6 Å². The molecule has 0 radical (unpaired) electrons. The maximum atomic E-state index is 12.7. The molecular formula is C48H85NO7. The fourth-order valence-corrected chi connectivity index (χ4v) is 6.42. The minimum absolute atomic E-state index is 0.0366.